The van der Waals surface area contributed by atoms with Crippen molar-refractivity contribution in [3.8, 4) is 22.5 Å². The zero-order chi connectivity index (χ0) is 49.4. The summed E-state index contributed by atoms with van der Waals surface area (Å²) in [5.74, 6) is -1.52. The van der Waals surface area contributed by atoms with Crippen LogP contribution in [0.3, 0.4) is 0 Å². The van der Waals surface area contributed by atoms with Gasteiger partial charge in [-0.2, -0.15) is 0 Å². The molecule has 0 saturated heterocycles. The molecule has 0 unspecified atom stereocenters. The molecule has 66 heavy (non-hydrogen) atoms. The SMILES string of the molecule is CC(C)c1cc(S(=O)(=O)Cl)cc(C(C)C)c1N=c1cc2oc3cc(Nc4c(C(C)C)cc(S(=O)(=O)Cl)cc4C(C)C)c(S(=O)(=O)Cl)cc3c(-c3ccccc3S(=O)(=O)Cl)c-2cc1S(=O)(=O)Cl. The first-order valence-electron chi connectivity index (χ1n) is 19.8. The quantitative estimate of drug-likeness (QED) is 0.0846. The number of nitrogens with one attached hydrogen (secondary N) is 1. The lowest BCUT2D eigenvalue weighted by molar-refractivity contribution is 0.604. The number of hydrogen-bond acceptors (Lipinski definition) is 13. The largest absolute Gasteiger partial charge is 0.456 e. The maximum absolute atomic E-state index is 13.6. The molecular weight excluding hydrogens is 1060 g/mol. The first-order valence-corrected chi connectivity index (χ1v) is 31.3. The summed E-state index contributed by atoms with van der Waals surface area (Å²) >= 11 is 0. The highest BCUT2D eigenvalue weighted by molar-refractivity contribution is 8.15. The second kappa shape index (κ2) is 18.5. The van der Waals surface area contributed by atoms with Crippen molar-refractivity contribution in [2.75, 3.05) is 5.32 Å². The van der Waals surface area contributed by atoms with E-state index >= 15 is 0 Å². The third-order valence-corrected chi connectivity index (χ3v) is 17.5. The number of anilines is 2. The van der Waals surface area contributed by atoms with Crippen LogP contribution in [0, 0.1) is 0 Å². The number of fused-ring (bicyclic) bond motifs is 2. The third-order valence-electron chi connectivity index (χ3n) is 10.7. The predicted octanol–water partition coefficient (Wildman–Crippen LogP) is 12.3. The van der Waals surface area contributed by atoms with Gasteiger partial charge < -0.3 is 9.73 Å². The standard InChI is InChI=1S/C43H41Cl5N2O11S5/c1-21(2)28-13-25(62(44,51)52)14-29(22(3)4)42(28)49-34-19-36-32(17-39(34)65(47,57)58)41(27-11-9-10-12-38(27)64(46,55)56)33-18-40(66(48,59)60)35(20-37(33)61-36)50-43-30(23(5)6)15-26(63(45,53)54)16-31(43)24(7)8/h9-24,49H,1-8H3. The lowest BCUT2D eigenvalue weighted by Crippen LogP contribution is -2.14. The number of benzene rings is 5. The average molecular weight is 1100 g/mol. The first-order chi connectivity index (χ1) is 30.2. The molecular formula is C43H41Cl5N2O11S5. The van der Waals surface area contributed by atoms with Crippen molar-refractivity contribution >= 4 is 127 Å². The van der Waals surface area contributed by atoms with E-state index in [-0.39, 0.29) is 83.6 Å². The second-order valence-corrected chi connectivity index (χ2v) is 29.3. The van der Waals surface area contributed by atoms with Gasteiger partial charge in [-0.3, -0.25) is 0 Å². The van der Waals surface area contributed by atoms with Crippen LogP contribution < -0.4 is 10.7 Å². The van der Waals surface area contributed by atoms with Crippen LogP contribution in [0.1, 0.15) is 101 Å². The fourth-order valence-electron chi connectivity index (χ4n) is 7.60. The van der Waals surface area contributed by atoms with E-state index in [2.05, 4.69) is 5.32 Å². The van der Waals surface area contributed by atoms with Crippen LogP contribution >= 0.6 is 53.4 Å². The topological polar surface area (TPSA) is 208 Å². The highest BCUT2D eigenvalue weighted by atomic mass is 35.7. The Morgan fingerprint density at radius 2 is 0.955 bits per heavy atom. The van der Waals surface area contributed by atoms with Crippen LogP contribution in [0.4, 0.5) is 17.1 Å². The van der Waals surface area contributed by atoms with Gasteiger partial charge in [0.1, 0.15) is 21.1 Å². The monoisotopic (exact) mass is 1100 g/mol. The van der Waals surface area contributed by atoms with Crippen LogP contribution in [0.25, 0.3) is 33.4 Å². The van der Waals surface area contributed by atoms with E-state index < -0.39 is 59.9 Å². The summed E-state index contributed by atoms with van der Waals surface area (Å²) < 4.78 is 138. The normalized spacial score (nSPS) is 13.6. The fourth-order valence-corrected chi connectivity index (χ4v) is 12.3. The zero-order valence-corrected chi connectivity index (χ0v) is 44.0. The van der Waals surface area contributed by atoms with Crippen LogP contribution in [-0.4, -0.2) is 42.1 Å². The summed E-state index contributed by atoms with van der Waals surface area (Å²) in [4.78, 5) is 2.91. The van der Waals surface area contributed by atoms with Crippen LogP contribution in [0.5, 0.6) is 0 Å². The summed E-state index contributed by atoms with van der Waals surface area (Å²) in [5.41, 5.74) is 1.83. The van der Waals surface area contributed by atoms with Gasteiger partial charge in [-0.25, -0.2) is 47.1 Å². The van der Waals surface area contributed by atoms with Gasteiger partial charge in [0, 0.05) is 93.3 Å². The molecule has 1 heterocycles. The van der Waals surface area contributed by atoms with Crippen molar-refractivity contribution < 1.29 is 46.5 Å². The molecule has 13 nitrogen and oxygen atoms in total. The highest BCUT2D eigenvalue weighted by Gasteiger charge is 2.31. The Labute approximate surface area is 406 Å². The van der Waals surface area contributed by atoms with Crippen LogP contribution in [0.15, 0.2) is 107 Å². The molecule has 6 rings (SSSR count). The zero-order valence-electron chi connectivity index (χ0n) is 36.1. The maximum Gasteiger partial charge on any atom is 0.263 e. The average Bonchev–Trinajstić information content (AvgIpc) is 3.17. The molecule has 354 valence electrons. The van der Waals surface area contributed by atoms with E-state index in [4.69, 9.17) is 62.8 Å². The number of rotatable bonds is 13. The molecule has 4 aromatic rings. The third kappa shape index (κ3) is 10.7. The molecule has 0 fully saturated rings. The van der Waals surface area contributed by atoms with E-state index in [0.717, 1.165) is 12.1 Å². The van der Waals surface area contributed by atoms with Crippen molar-refractivity contribution in [2.24, 2.45) is 4.99 Å². The van der Waals surface area contributed by atoms with Crippen molar-refractivity contribution in [2.45, 2.75) is 104 Å². The van der Waals surface area contributed by atoms with E-state index in [1.807, 2.05) is 0 Å². The minimum atomic E-state index is -4.74. The van der Waals surface area contributed by atoms with Crippen molar-refractivity contribution in [3.05, 3.63) is 100 Å². The molecule has 1 aliphatic carbocycles. The molecule has 0 spiro atoms. The minimum absolute atomic E-state index is 0.0582. The minimum Gasteiger partial charge on any atom is -0.456 e. The van der Waals surface area contributed by atoms with E-state index in [9.17, 15) is 42.1 Å². The Kier molecular flexibility index (Phi) is 14.5. The number of hydrogen-bond donors (Lipinski definition) is 1. The summed E-state index contributed by atoms with van der Waals surface area (Å²) in [7, 11) is 7.47. The molecule has 23 heteroatoms. The van der Waals surface area contributed by atoms with E-state index in [0.29, 0.717) is 27.9 Å². The lowest BCUT2D eigenvalue weighted by Gasteiger charge is -2.24. The maximum atomic E-state index is 13.6. The van der Waals surface area contributed by atoms with Gasteiger partial charge in [0.05, 0.1) is 31.4 Å². The van der Waals surface area contributed by atoms with E-state index in [1.165, 1.54) is 60.7 Å². The summed E-state index contributed by atoms with van der Waals surface area (Å²) in [6.45, 7) is 14.3. The van der Waals surface area contributed by atoms with Crippen molar-refractivity contribution in [3.63, 3.8) is 0 Å². The molecule has 0 radical (unpaired) electrons. The van der Waals surface area contributed by atoms with Crippen molar-refractivity contribution in [1.82, 2.24) is 0 Å². The Morgan fingerprint density at radius 3 is 1.39 bits per heavy atom. The fraction of sp³-hybridized carbons (Fsp3) is 0.279. The Balaban J connectivity index is 1.86. The predicted molar refractivity (Wildman–Crippen MR) is 261 cm³/mol. The van der Waals surface area contributed by atoms with Gasteiger partial charge in [0.2, 0.25) is 0 Å². The first kappa shape index (κ1) is 52.0. The van der Waals surface area contributed by atoms with Gasteiger partial charge in [-0.05, 0) is 88.4 Å². The van der Waals surface area contributed by atoms with Gasteiger partial charge in [0.25, 0.3) is 45.3 Å². The van der Waals surface area contributed by atoms with Crippen LogP contribution in [-0.2, 0) is 45.3 Å². The van der Waals surface area contributed by atoms with Crippen LogP contribution in [0.2, 0.25) is 0 Å². The molecule has 0 bridgehead atoms. The van der Waals surface area contributed by atoms with Crippen molar-refractivity contribution in [1.29, 1.82) is 0 Å². The molecule has 4 aromatic carbocycles. The van der Waals surface area contributed by atoms with Gasteiger partial charge in [-0.15, -0.1) is 0 Å². The van der Waals surface area contributed by atoms with Gasteiger partial charge >= 0.3 is 0 Å². The molecule has 0 saturated carbocycles. The molecule has 1 aliphatic heterocycles. The summed E-state index contributed by atoms with van der Waals surface area (Å²) in [5, 5.41) is 2.84. The van der Waals surface area contributed by atoms with E-state index in [1.54, 1.807) is 55.4 Å². The highest BCUT2D eigenvalue weighted by Crippen LogP contribution is 2.47. The number of nitrogens with zero attached hydrogens (tertiary/aromatic N) is 1. The Bertz CT molecular complexity index is 3550. The van der Waals surface area contributed by atoms with Gasteiger partial charge in [-0.1, -0.05) is 73.6 Å². The molecule has 0 aromatic heterocycles. The molecule has 0 amide bonds. The second-order valence-electron chi connectivity index (χ2n) is 16.6. The molecule has 2 aliphatic rings. The smallest absolute Gasteiger partial charge is 0.263 e. The number of halogens is 5. The molecule has 0 atom stereocenters. The molecule has 1 N–H and O–H groups in total. The summed E-state index contributed by atoms with van der Waals surface area (Å²) in [6, 6.07) is 15.7. The Hall–Kier alpha value is -3.43. The Morgan fingerprint density at radius 1 is 0.500 bits per heavy atom. The summed E-state index contributed by atoms with van der Waals surface area (Å²) in [6.07, 6.45) is 0. The lowest BCUT2D eigenvalue weighted by atomic mass is 9.92. The van der Waals surface area contributed by atoms with Gasteiger partial charge in [0.15, 0.2) is 0 Å².